The van der Waals surface area contributed by atoms with Crippen LogP contribution in [-0.2, 0) is 9.53 Å². The molecule has 0 bridgehead atoms. The topological polar surface area (TPSA) is 61.8 Å². The van der Waals surface area contributed by atoms with E-state index < -0.39 is 0 Å². The van der Waals surface area contributed by atoms with Gasteiger partial charge in [0.15, 0.2) is 0 Å². The number of likely N-dealkylation sites (N-methyl/N-ethyl adjacent to an activating group) is 1. The van der Waals surface area contributed by atoms with Crippen molar-refractivity contribution in [3.8, 4) is 12.3 Å². The molecule has 1 amide bonds. The van der Waals surface area contributed by atoms with Crippen molar-refractivity contribution in [1.82, 2.24) is 0 Å². The van der Waals surface area contributed by atoms with Crippen molar-refractivity contribution in [3.63, 3.8) is 0 Å². The molecule has 5 nitrogen and oxygen atoms in total. The third kappa shape index (κ3) is 5.74. The zero-order chi connectivity index (χ0) is 14.8. The van der Waals surface area contributed by atoms with Crippen LogP contribution in [-0.4, -0.2) is 44.4 Å². The number of benzene rings is 1. The molecular formula is C15H20N2O3. The van der Waals surface area contributed by atoms with Crippen LogP contribution < -0.4 is 10.2 Å². The van der Waals surface area contributed by atoms with E-state index in [0.29, 0.717) is 13.2 Å². The quantitative estimate of drug-likeness (QED) is 0.551. The number of aliphatic hydroxyl groups is 1. The van der Waals surface area contributed by atoms with Crippen LogP contribution in [0.5, 0.6) is 0 Å². The number of carbonyl (C=O) groups is 1. The maximum absolute atomic E-state index is 11.6. The highest BCUT2D eigenvalue weighted by molar-refractivity contribution is 5.90. The van der Waals surface area contributed by atoms with Crippen molar-refractivity contribution in [2.45, 2.75) is 6.42 Å². The molecule has 0 aliphatic carbocycles. The normalized spacial score (nSPS) is 9.85. The van der Waals surface area contributed by atoms with E-state index in [-0.39, 0.29) is 25.5 Å². The van der Waals surface area contributed by atoms with Gasteiger partial charge in [0.2, 0.25) is 5.91 Å². The molecule has 0 heterocycles. The number of terminal acetylenes is 1. The van der Waals surface area contributed by atoms with E-state index in [1.54, 1.807) is 0 Å². The fraction of sp³-hybridized carbons (Fsp3) is 0.400. The van der Waals surface area contributed by atoms with Crippen LogP contribution in [0.4, 0.5) is 11.4 Å². The molecule has 20 heavy (non-hydrogen) atoms. The number of rotatable bonds is 8. The number of nitrogens with zero attached hydrogens (tertiary/aromatic N) is 1. The van der Waals surface area contributed by atoms with Crippen molar-refractivity contribution >= 4 is 17.3 Å². The molecule has 0 unspecified atom stereocenters. The maximum atomic E-state index is 11.6. The van der Waals surface area contributed by atoms with Gasteiger partial charge in [0.25, 0.3) is 0 Å². The number of carbonyl (C=O) groups excluding carboxylic acids is 1. The first-order valence-corrected chi connectivity index (χ1v) is 6.40. The van der Waals surface area contributed by atoms with E-state index in [9.17, 15) is 4.79 Å². The van der Waals surface area contributed by atoms with Crippen molar-refractivity contribution < 1.29 is 14.6 Å². The van der Waals surface area contributed by atoms with E-state index in [4.69, 9.17) is 16.3 Å². The summed E-state index contributed by atoms with van der Waals surface area (Å²) in [4.78, 5) is 13.5. The number of hydrogen-bond donors (Lipinski definition) is 2. The number of ether oxygens (including phenoxy) is 1. The summed E-state index contributed by atoms with van der Waals surface area (Å²) in [7, 11) is 1.90. The first kappa shape index (κ1) is 16.0. The monoisotopic (exact) mass is 276 g/mol. The number of amides is 1. The molecular weight excluding hydrogens is 256 g/mol. The summed E-state index contributed by atoms with van der Waals surface area (Å²) in [5.74, 6) is 2.23. The van der Waals surface area contributed by atoms with Crippen LogP contribution in [0.25, 0.3) is 0 Å². The van der Waals surface area contributed by atoms with E-state index in [2.05, 4.69) is 11.2 Å². The lowest BCUT2D eigenvalue weighted by atomic mass is 10.2. The van der Waals surface area contributed by atoms with Crippen molar-refractivity contribution in [2.24, 2.45) is 0 Å². The molecule has 0 radical (unpaired) electrons. The summed E-state index contributed by atoms with van der Waals surface area (Å²) in [5.41, 5.74) is 1.71. The number of aliphatic hydroxyl groups excluding tert-OH is 1. The summed E-state index contributed by atoms with van der Waals surface area (Å²) in [6.45, 7) is 1.21. The third-order valence-electron chi connectivity index (χ3n) is 2.69. The molecule has 0 spiro atoms. The second-order valence-corrected chi connectivity index (χ2v) is 4.25. The average molecular weight is 276 g/mol. The van der Waals surface area contributed by atoms with E-state index in [0.717, 1.165) is 11.4 Å². The van der Waals surface area contributed by atoms with Crippen molar-refractivity contribution in [1.29, 1.82) is 0 Å². The molecule has 0 aliphatic heterocycles. The summed E-state index contributed by atoms with van der Waals surface area (Å²) in [6.07, 6.45) is 5.31. The Hall–Kier alpha value is -2.03. The van der Waals surface area contributed by atoms with Crippen LogP contribution in [0.15, 0.2) is 24.3 Å². The molecule has 0 fully saturated rings. The zero-order valence-corrected chi connectivity index (χ0v) is 11.6. The predicted octanol–water partition coefficient (Wildman–Crippen LogP) is 1.09. The fourth-order valence-electron chi connectivity index (χ4n) is 1.60. The Morgan fingerprint density at radius 3 is 2.75 bits per heavy atom. The molecule has 1 rings (SSSR count). The number of nitrogens with one attached hydrogen (secondary N) is 1. The van der Waals surface area contributed by atoms with Crippen LogP contribution >= 0.6 is 0 Å². The highest BCUT2D eigenvalue weighted by Crippen LogP contribution is 2.16. The highest BCUT2D eigenvalue weighted by Gasteiger charge is 2.04. The number of anilines is 2. The molecule has 1 aromatic carbocycles. The Labute approximate surface area is 119 Å². The molecule has 2 N–H and O–H groups in total. The summed E-state index contributed by atoms with van der Waals surface area (Å²) >= 11 is 0. The van der Waals surface area contributed by atoms with Crippen molar-refractivity contribution in [3.05, 3.63) is 24.3 Å². The van der Waals surface area contributed by atoms with Crippen LogP contribution in [0, 0.1) is 12.3 Å². The smallest absolute Gasteiger partial charge is 0.226 e. The van der Waals surface area contributed by atoms with E-state index in [1.807, 2.05) is 36.2 Å². The van der Waals surface area contributed by atoms with Gasteiger partial charge in [-0.25, -0.2) is 0 Å². The first-order chi connectivity index (χ1) is 9.67. The van der Waals surface area contributed by atoms with Gasteiger partial charge in [-0.2, -0.15) is 0 Å². The van der Waals surface area contributed by atoms with Gasteiger partial charge in [-0.15, -0.1) is 6.42 Å². The Kier molecular flexibility index (Phi) is 7.18. The highest BCUT2D eigenvalue weighted by atomic mass is 16.5. The largest absolute Gasteiger partial charge is 0.395 e. The van der Waals surface area contributed by atoms with Gasteiger partial charge in [0, 0.05) is 25.0 Å². The summed E-state index contributed by atoms with van der Waals surface area (Å²) in [5, 5.41) is 11.6. The Balaban J connectivity index is 2.41. The Morgan fingerprint density at radius 2 is 2.15 bits per heavy atom. The molecule has 0 aliphatic rings. The summed E-state index contributed by atoms with van der Waals surface area (Å²) < 4.78 is 5.04. The fourth-order valence-corrected chi connectivity index (χ4v) is 1.60. The van der Waals surface area contributed by atoms with Gasteiger partial charge in [-0.1, -0.05) is 5.92 Å². The van der Waals surface area contributed by atoms with Crippen LogP contribution in [0.2, 0.25) is 0 Å². The molecule has 0 aromatic heterocycles. The minimum Gasteiger partial charge on any atom is -0.395 e. The minimum absolute atomic E-state index is 0.104. The Bertz CT molecular complexity index is 451. The Morgan fingerprint density at radius 1 is 1.45 bits per heavy atom. The molecule has 0 saturated heterocycles. The van der Waals surface area contributed by atoms with Crippen molar-refractivity contribution in [2.75, 3.05) is 43.6 Å². The average Bonchev–Trinajstić information content (AvgIpc) is 2.45. The first-order valence-electron chi connectivity index (χ1n) is 6.40. The van der Waals surface area contributed by atoms with E-state index in [1.165, 1.54) is 0 Å². The third-order valence-corrected chi connectivity index (χ3v) is 2.69. The van der Waals surface area contributed by atoms with Crippen LogP contribution in [0.1, 0.15) is 6.42 Å². The molecule has 108 valence electrons. The zero-order valence-electron chi connectivity index (χ0n) is 11.6. The molecule has 0 atom stereocenters. The second-order valence-electron chi connectivity index (χ2n) is 4.25. The lowest BCUT2D eigenvalue weighted by Crippen LogP contribution is -2.21. The minimum atomic E-state index is -0.113. The lowest BCUT2D eigenvalue weighted by Gasteiger charge is -2.18. The van der Waals surface area contributed by atoms with Crippen LogP contribution in [0.3, 0.4) is 0 Å². The SMILES string of the molecule is C#CCOCCC(=O)Nc1ccc(N(C)CCO)cc1. The van der Waals surface area contributed by atoms with Gasteiger partial charge in [-0.05, 0) is 24.3 Å². The lowest BCUT2D eigenvalue weighted by molar-refractivity contribution is -0.117. The standard InChI is InChI=1S/C15H20N2O3/c1-3-11-20-12-8-15(19)16-13-4-6-14(7-5-13)17(2)9-10-18/h1,4-7,18H,8-12H2,2H3,(H,16,19). The molecule has 5 heteroatoms. The summed E-state index contributed by atoms with van der Waals surface area (Å²) in [6, 6.07) is 7.42. The van der Waals surface area contributed by atoms with Gasteiger partial charge in [-0.3, -0.25) is 4.79 Å². The maximum Gasteiger partial charge on any atom is 0.226 e. The van der Waals surface area contributed by atoms with Gasteiger partial charge in [0.1, 0.15) is 6.61 Å². The predicted molar refractivity (Wildman–Crippen MR) is 79.7 cm³/mol. The van der Waals surface area contributed by atoms with E-state index >= 15 is 0 Å². The van der Waals surface area contributed by atoms with Gasteiger partial charge >= 0.3 is 0 Å². The second kappa shape index (κ2) is 8.97. The van der Waals surface area contributed by atoms with Gasteiger partial charge in [0.05, 0.1) is 19.6 Å². The molecule has 0 saturated carbocycles. The molecule has 1 aromatic rings. The van der Waals surface area contributed by atoms with Gasteiger partial charge < -0.3 is 20.1 Å². The number of hydrogen-bond acceptors (Lipinski definition) is 4.